The van der Waals surface area contributed by atoms with Gasteiger partial charge in [0.25, 0.3) is 0 Å². The van der Waals surface area contributed by atoms with Crippen molar-refractivity contribution in [1.29, 1.82) is 0 Å². The number of hydrogen-bond acceptors (Lipinski definition) is 4. The Morgan fingerprint density at radius 1 is 1.43 bits per heavy atom. The summed E-state index contributed by atoms with van der Waals surface area (Å²) < 4.78 is 11.2. The molecule has 0 aliphatic carbocycles. The van der Waals surface area contributed by atoms with Crippen LogP contribution in [0.5, 0.6) is 5.75 Å². The number of carbonyl (C=O) groups is 1. The average molecular weight is 412 g/mol. The maximum Gasteiger partial charge on any atom is 0.323 e. The highest BCUT2D eigenvalue weighted by atomic mass is 16.5. The van der Waals surface area contributed by atoms with Gasteiger partial charge >= 0.3 is 6.03 Å². The summed E-state index contributed by atoms with van der Waals surface area (Å²) in [5.74, 6) is 2.42. The van der Waals surface area contributed by atoms with E-state index in [1.165, 1.54) is 5.57 Å². The summed E-state index contributed by atoms with van der Waals surface area (Å²) in [4.78, 5) is 14.5. The molecule has 6 heteroatoms. The van der Waals surface area contributed by atoms with E-state index in [-0.39, 0.29) is 18.1 Å². The lowest BCUT2D eigenvalue weighted by molar-refractivity contribution is 0.197. The summed E-state index contributed by atoms with van der Waals surface area (Å²) in [6.07, 6.45) is 5.47. The van der Waals surface area contributed by atoms with Gasteiger partial charge in [-0.15, -0.1) is 0 Å². The Bertz CT molecular complexity index is 903. The second-order valence-corrected chi connectivity index (χ2v) is 8.25. The third-order valence-corrected chi connectivity index (χ3v) is 5.71. The van der Waals surface area contributed by atoms with Crippen LogP contribution in [0.25, 0.3) is 6.08 Å². The van der Waals surface area contributed by atoms with Crippen LogP contribution in [-0.2, 0) is 0 Å². The molecule has 1 aromatic heterocycles. The van der Waals surface area contributed by atoms with Gasteiger partial charge in [-0.05, 0) is 57.2 Å². The summed E-state index contributed by atoms with van der Waals surface area (Å²) in [6, 6.07) is 8.12. The van der Waals surface area contributed by atoms with Crippen LogP contribution in [0.2, 0.25) is 0 Å². The van der Waals surface area contributed by atoms with Crippen LogP contribution in [-0.4, -0.2) is 35.3 Å². The fraction of sp³-hybridized carbons (Fsp3) is 0.500. The highest BCUT2D eigenvalue weighted by Gasteiger charge is 2.25. The predicted octanol–water partition coefficient (Wildman–Crippen LogP) is 5.82. The van der Waals surface area contributed by atoms with Crippen molar-refractivity contribution in [3.8, 4) is 5.75 Å². The fourth-order valence-electron chi connectivity index (χ4n) is 3.75. The number of rotatable bonds is 6. The molecule has 3 rings (SSSR count). The molecule has 0 spiro atoms. The maximum absolute atomic E-state index is 12.6. The molecule has 162 valence electrons. The first-order chi connectivity index (χ1) is 14.4. The number of ether oxygens (including phenoxy) is 1. The van der Waals surface area contributed by atoms with E-state index in [1.54, 1.807) is 0 Å². The van der Waals surface area contributed by atoms with Crippen LogP contribution < -0.4 is 10.1 Å². The topological polar surface area (TPSA) is 67.6 Å². The molecular weight excluding hydrogens is 378 g/mol. The first kappa shape index (κ1) is 21.9. The van der Waals surface area contributed by atoms with E-state index >= 15 is 0 Å². The van der Waals surface area contributed by atoms with Crippen molar-refractivity contribution >= 4 is 17.9 Å². The minimum atomic E-state index is -0.127. The van der Waals surface area contributed by atoms with Crippen LogP contribution in [0.15, 0.2) is 34.4 Å². The standard InChI is InChI=1S/C24H33N3O3/c1-6-8-17(3)29-22-10-7-9-20(14-22)13-21-11-12-27(15-16(21)2)24(28)25-23-18(4)19(5)30-26-23/h7,9-10,13-14,16-17H,6,8,11-12,15H2,1-5H3,(H,25,26,28)/b21-13+. The molecular formula is C24H33N3O3. The molecule has 2 aromatic rings. The summed E-state index contributed by atoms with van der Waals surface area (Å²) >= 11 is 0. The Hall–Kier alpha value is -2.76. The predicted molar refractivity (Wildman–Crippen MR) is 120 cm³/mol. The van der Waals surface area contributed by atoms with Crippen molar-refractivity contribution in [2.45, 2.75) is 60.0 Å². The number of likely N-dealkylation sites (tertiary alicyclic amines) is 1. The normalized spacial score (nSPS) is 19.0. The number of piperidine rings is 1. The number of carbonyl (C=O) groups excluding carboxylic acids is 1. The van der Waals surface area contributed by atoms with E-state index in [0.29, 0.717) is 18.9 Å². The first-order valence-corrected chi connectivity index (χ1v) is 10.8. The minimum Gasteiger partial charge on any atom is -0.491 e. The molecule has 2 unspecified atom stereocenters. The fourth-order valence-corrected chi connectivity index (χ4v) is 3.75. The third-order valence-electron chi connectivity index (χ3n) is 5.71. The number of aryl methyl sites for hydroxylation is 1. The number of nitrogens with zero attached hydrogens (tertiary/aromatic N) is 2. The second kappa shape index (κ2) is 9.83. The zero-order valence-corrected chi connectivity index (χ0v) is 18.7. The highest BCUT2D eigenvalue weighted by Crippen LogP contribution is 2.27. The molecule has 2 atom stereocenters. The van der Waals surface area contributed by atoms with Crippen molar-refractivity contribution in [3.63, 3.8) is 0 Å². The Balaban J connectivity index is 1.61. The van der Waals surface area contributed by atoms with Gasteiger partial charge < -0.3 is 14.2 Å². The minimum absolute atomic E-state index is 0.127. The molecule has 2 amide bonds. The third kappa shape index (κ3) is 5.43. The lowest BCUT2D eigenvalue weighted by Gasteiger charge is -2.33. The van der Waals surface area contributed by atoms with Gasteiger partial charge in [0.1, 0.15) is 11.5 Å². The van der Waals surface area contributed by atoms with Crippen molar-refractivity contribution in [2.24, 2.45) is 5.92 Å². The van der Waals surface area contributed by atoms with E-state index < -0.39 is 0 Å². The van der Waals surface area contributed by atoms with Crippen LogP contribution in [0, 0.1) is 19.8 Å². The van der Waals surface area contributed by atoms with Crippen molar-refractivity contribution in [2.75, 3.05) is 18.4 Å². The SMILES string of the molecule is CCCC(C)Oc1cccc(/C=C2\CCN(C(=O)Nc3noc(C)c3C)CC2C)c1. The Morgan fingerprint density at radius 3 is 2.90 bits per heavy atom. The number of benzene rings is 1. The molecule has 1 aliphatic heterocycles. The number of urea groups is 1. The van der Waals surface area contributed by atoms with E-state index in [9.17, 15) is 4.79 Å². The quantitative estimate of drug-likeness (QED) is 0.651. The summed E-state index contributed by atoms with van der Waals surface area (Å²) in [5.41, 5.74) is 3.36. The summed E-state index contributed by atoms with van der Waals surface area (Å²) in [7, 11) is 0. The number of anilines is 1. The van der Waals surface area contributed by atoms with E-state index in [4.69, 9.17) is 9.26 Å². The average Bonchev–Trinajstić information content (AvgIpc) is 3.02. The number of amides is 2. The van der Waals surface area contributed by atoms with Crippen molar-refractivity contribution < 1.29 is 14.1 Å². The first-order valence-electron chi connectivity index (χ1n) is 10.8. The monoisotopic (exact) mass is 411 g/mol. The van der Waals surface area contributed by atoms with Crippen LogP contribution >= 0.6 is 0 Å². The second-order valence-electron chi connectivity index (χ2n) is 8.25. The van der Waals surface area contributed by atoms with Gasteiger partial charge in [-0.2, -0.15) is 0 Å². The van der Waals surface area contributed by atoms with Gasteiger partial charge in [0.05, 0.1) is 6.10 Å². The van der Waals surface area contributed by atoms with Gasteiger partial charge in [-0.1, -0.05) is 49.2 Å². The van der Waals surface area contributed by atoms with Gasteiger partial charge in [-0.3, -0.25) is 5.32 Å². The van der Waals surface area contributed by atoms with Crippen LogP contribution in [0.3, 0.4) is 0 Å². The largest absolute Gasteiger partial charge is 0.491 e. The highest BCUT2D eigenvalue weighted by molar-refractivity contribution is 5.89. The number of aromatic nitrogens is 1. The van der Waals surface area contributed by atoms with Crippen LogP contribution in [0.4, 0.5) is 10.6 Å². The Morgan fingerprint density at radius 2 is 2.23 bits per heavy atom. The van der Waals surface area contributed by atoms with Crippen molar-refractivity contribution in [3.05, 3.63) is 46.7 Å². The molecule has 1 aliphatic rings. The van der Waals surface area contributed by atoms with E-state index in [0.717, 1.165) is 41.9 Å². The molecule has 0 radical (unpaired) electrons. The van der Waals surface area contributed by atoms with Gasteiger partial charge in [0, 0.05) is 18.7 Å². The Kier molecular flexibility index (Phi) is 7.19. The summed E-state index contributed by atoms with van der Waals surface area (Å²) in [6.45, 7) is 11.5. The molecule has 0 bridgehead atoms. The molecule has 1 saturated heterocycles. The molecule has 1 N–H and O–H groups in total. The molecule has 2 heterocycles. The van der Waals surface area contributed by atoms with E-state index in [1.807, 2.05) is 30.9 Å². The van der Waals surface area contributed by atoms with Gasteiger partial charge in [0.15, 0.2) is 5.82 Å². The Labute approximate surface area is 179 Å². The molecule has 6 nitrogen and oxygen atoms in total. The van der Waals surface area contributed by atoms with Gasteiger partial charge in [-0.25, -0.2) is 4.79 Å². The van der Waals surface area contributed by atoms with E-state index in [2.05, 4.69) is 49.5 Å². The van der Waals surface area contributed by atoms with Crippen LogP contribution in [0.1, 0.15) is 56.9 Å². The molecule has 0 saturated carbocycles. The molecule has 1 aromatic carbocycles. The molecule has 1 fully saturated rings. The lowest BCUT2D eigenvalue weighted by Crippen LogP contribution is -2.42. The zero-order valence-electron chi connectivity index (χ0n) is 18.7. The van der Waals surface area contributed by atoms with Gasteiger partial charge in [0.2, 0.25) is 0 Å². The number of nitrogens with one attached hydrogen (secondary N) is 1. The zero-order chi connectivity index (χ0) is 21.7. The maximum atomic E-state index is 12.6. The van der Waals surface area contributed by atoms with Crippen molar-refractivity contribution in [1.82, 2.24) is 10.1 Å². The molecule has 30 heavy (non-hydrogen) atoms. The lowest BCUT2D eigenvalue weighted by atomic mass is 9.91. The smallest absolute Gasteiger partial charge is 0.323 e. The summed E-state index contributed by atoms with van der Waals surface area (Å²) in [5, 5.41) is 6.79. The number of hydrogen-bond donors (Lipinski definition) is 1.